The molecule has 0 saturated carbocycles. The molecule has 2 rings (SSSR count). The van der Waals surface area contributed by atoms with Crippen molar-refractivity contribution in [3.63, 3.8) is 0 Å². The van der Waals surface area contributed by atoms with Crippen LogP contribution in [0.15, 0.2) is 24.3 Å². The van der Waals surface area contributed by atoms with Gasteiger partial charge in [0.25, 0.3) is 0 Å². The molecular formula is C18H28N2O. The molecule has 1 saturated heterocycles. The van der Waals surface area contributed by atoms with Crippen LogP contribution in [-0.4, -0.2) is 29.4 Å². The molecule has 1 aliphatic heterocycles. The Morgan fingerprint density at radius 3 is 2.52 bits per heavy atom. The van der Waals surface area contributed by atoms with Crippen molar-refractivity contribution in [3.8, 4) is 0 Å². The lowest BCUT2D eigenvalue weighted by molar-refractivity contribution is -0.127. The van der Waals surface area contributed by atoms with Gasteiger partial charge in [-0.2, -0.15) is 0 Å². The third-order valence-corrected chi connectivity index (χ3v) is 3.95. The first-order valence-corrected chi connectivity index (χ1v) is 7.93. The van der Waals surface area contributed by atoms with Crippen LogP contribution in [-0.2, 0) is 11.3 Å². The van der Waals surface area contributed by atoms with Crippen LogP contribution in [0, 0.1) is 12.8 Å². The van der Waals surface area contributed by atoms with Crippen LogP contribution in [0.25, 0.3) is 0 Å². The Bertz CT molecular complexity index is 482. The molecule has 1 aromatic rings. The molecule has 0 radical (unpaired) electrons. The molecule has 3 nitrogen and oxygen atoms in total. The van der Waals surface area contributed by atoms with Crippen molar-refractivity contribution in [1.82, 2.24) is 10.2 Å². The summed E-state index contributed by atoms with van der Waals surface area (Å²) in [7, 11) is 0. The first-order valence-electron chi connectivity index (χ1n) is 7.93. The summed E-state index contributed by atoms with van der Waals surface area (Å²) in [4.78, 5) is 14.6. The van der Waals surface area contributed by atoms with Gasteiger partial charge >= 0.3 is 0 Å². The average molecular weight is 288 g/mol. The van der Waals surface area contributed by atoms with E-state index in [1.54, 1.807) is 0 Å². The van der Waals surface area contributed by atoms with E-state index in [4.69, 9.17) is 0 Å². The van der Waals surface area contributed by atoms with Gasteiger partial charge < -0.3 is 5.32 Å². The fraction of sp³-hybridized carbons (Fsp3) is 0.611. The molecule has 0 aliphatic carbocycles. The van der Waals surface area contributed by atoms with Gasteiger partial charge in [-0.15, -0.1) is 0 Å². The Hall–Kier alpha value is -1.35. The van der Waals surface area contributed by atoms with Gasteiger partial charge in [0.1, 0.15) is 0 Å². The maximum Gasteiger partial charge on any atom is 0.223 e. The molecule has 116 valence electrons. The van der Waals surface area contributed by atoms with E-state index in [0.717, 1.165) is 32.5 Å². The van der Waals surface area contributed by atoms with Crippen molar-refractivity contribution in [3.05, 3.63) is 35.4 Å². The normalized spacial score (nSPS) is 17.7. The van der Waals surface area contributed by atoms with Crippen LogP contribution in [0.2, 0.25) is 0 Å². The number of piperidine rings is 1. The zero-order valence-corrected chi connectivity index (χ0v) is 13.8. The summed E-state index contributed by atoms with van der Waals surface area (Å²) in [6, 6.07) is 8.69. The minimum atomic E-state index is -0.129. The second kappa shape index (κ2) is 6.61. The van der Waals surface area contributed by atoms with E-state index in [0.29, 0.717) is 0 Å². The molecular weight excluding hydrogens is 260 g/mol. The number of benzene rings is 1. The summed E-state index contributed by atoms with van der Waals surface area (Å²) in [6.07, 6.45) is 1.93. The minimum absolute atomic E-state index is 0.129. The number of nitrogens with one attached hydrogen (secondary N) is 1. The summed E-state index contributed by atoms with van der Waals surface area (Å²) in [5.41, 5.74) is 2.55. The van der Waals surface area contributed by atoms with Gasteiger partial charge in [0, 0.05) is 18.0 Å². The third kappa shape index (κ3) is 5.16. The zero-order valence-electron chi connectivity index (χ0n) is 13.8. The molecule has 0 atom stereocenters. The van der Waals surface area contributed by atoms with E-state index in [9.17, 15) is 4.79 Å². The highest BCUT2D eigenvalue weighted by Crippen LogP contribution is 2.20. The zero-order chi connectivity index (χ0) is 15.5. The van der Waals surface area contributed by atoms with Crippen molar-refractivity contribution in [2.45, 2.75) is 52.6 Å². The van der Waals surface area contributed by atoms with Crippen molar-refractivity contribution in [2.24, 2.45) is 5.92 Å². The smallest absolute Gasteiger partial charge is 0.223 e. The molecule has 1 N–H and O–H groups in total. The monoisotopic (exact) mass is 288 g/mol. The summed E-state index contributed by atoms with van der Waals surface area (Å²) in [5.74, 6) is 0.399. The third-order valence-electron chi connectivity index (χ3n) is 3.95. The van der Waals surface area contributed by atoms with Crippen LogP contribution in [0.1, 0.15) is 44.7 Å². The lowest BCUT2D eigenvalue weighted by Crippen LogP contribution is -2.46. The van der Waals surface area contributed by atoms with Crippen molar-refractivity contribution >= 4 is 5.91 Å². The Balaban J connectivity index is 1.82. The molecule has 0 spiro atoms. The first-order chi connectivity index (χ1) is 9.83. The quantitative estimate of drug-likeness (QED) is 0.927. The fourth-order valence-corrected chi connectivity index (χ4v) is 2.89. The van der Waals surface area contributed by atoms with E-state index in [-0.39, 0.29) is 17.4 Å². The number of likely N-dealkylation sites (tertiary alicyclic amines) is 1. The average Bonchev–Trinajstić information content (AvgIpc) is 2.37. The van der Waals surface area contributed by atoms with Gasteiger partial charge in [0.15, 0.2) is 0 Å². The Morgan fingerprint density at radius 2 is 1.95 bits per heavy atom. The molecule has 0 unspecified atom stereocenters. The maximum absolute atomic E-state index is 12.2. The lowest BCUT2D eigenvalue weighted by Gasteiger charge is -2.33. The number of aryl methyl sites for hydroxylation is 1. The van der Waals surface area contributed by atoms with Crippen LogP contribution in [0.3, 0.4) is 0 Å². The maximum atomic E-state index is 12.2. The molecule has 1 aliphatic rings. The molecule has 0 aromatic heterocycles. The number of carbonyl (C=O) groups is 1. The highest BCUT2D eigenvalue weighted by Gasteiger charge is 2.27. The Morgan fingerprint density at radius 1 is 1.29 bits per heavy atom. The summed E-state index contributed by atoms with van der Waals surface area (Å²) in [6.45, 7) is 11.3. The molecule has 21 heavy (non-hydrogen) atoms. The number of amides is 1. The highest BCUT2D eigenvalue weighted by atomic mass is 16.2. The first kappa shape index (κ1) is 16.0. The Labute approximate surface area is 128 Å². The van der Waals surface area contributed by atoms with Gasteiger partial charge in [-0.25, -0.2) is 0 Å². The number of carbonyl (C=O) groups excluding carboxylic acids is 1. The number of rotatable bonds is 3. The summed E-state index contributed by atoms with van der Waals surface area (Å²) >= 11 is 0. The van der Waals surface area contributed by atoms with Crippen molar-refractivity contribution in [1.29, 1.82) is 0 Å². The topological polar surface area (TPSA) is 32.3 Å². The number of hydrogen-bond acceptors (Lipinski definition) is 2. The molecule has 0 bridgehead atoms. The largest absolute Gasteiger partial charge is 0.351 e. The highest BCUT2D eigenvalue weighted by molar-refractivity contribution is 5.79. The van der Waals surface area contributed by atoms with Gasteiger partial charge in [0.05, 0.1) is 0 Å². The van der Waals surface area contributed by atoms with Crippen LogP contribution in [0.5, 0.6) is 0 Å². The number of nitrogens with zero attached hydrogens (tertiary/aromatic N) is 1. The predicted molar refractivity (Wildman–Crippen MR) is 87.1 cm³/mol. The van der Waals surface area contributed by atoms with E-state index in [1.165, 1.54) is 11.1 Å². The van der Waals surface area contributed by atoms with Gasteiger partial charge in [-0.1, -0.05) is 29.8 Å². The van der Waals surface area contributed by atoms with Crippen molar-refractivity contribution in [2.75, 3.05) is 13.1 Å². The molecule has 1 aromatic carbocycles. The molecule has 3 heteroatoms. The van der Waals surface area contributed by atoms with E-state index in [2.05, 4.69) is 41.4 Å². The molecule has 1 heterocycles. The fourth-order valence-electron chi connectivity index (χ4n) is 2.89. The second-order valence-corrected chi connectivity index (χ2v) is 7.28. The SMILES string of the molecule is Cc1cccc(CN2CCC(C(=O)NC(C)(C)C)CC2)c1. The van der Waals surface area contributed by atoms with Crippen molar-refractivity contribution < 1.29 is 4.79 Å². The predicted octanol–water partition coefficient (Wildman–Crippen LogP) is 3.12. The standard InChI is InChI=1S/C18H28N2O/c1-14-6-5-7-15(12-14)13-20-10-8-16(9-11-20)17(21)19-18(2,3)4/h5-7,12,16H,8-11,13H2,1-4H3,(H,19,21). The molecule has 1 fully saturated rings. The van der Waals surface area contributed by atoms with Gasteiger partial charge in [-0.05, 0) is 59.2 Å². The second-order valence-electron chi connectivity index (χ2n) is 7.28. The van der Waals surface area contributed by atoms with E-state index < -0.39 is 0 Å². The lowest BCUT2D eigenvalue weighted by atomic mass is 9.94. The van der Waals surface area contributed by atoms with Crippen LogP contribution in [0.4, 0.5) is 0 Å². The minimum Gasteiger partial charge on any atom is -0.351 e. The summed E-state index contributed by atoms with van der Waals surface area (Å²) in [5, 5.41) is 3.10. The van der Waals surface area contributed by atoms with E-state index >= 15 is 0 Å². The van der Waals surface area contributed by atoms with Gasteiger partial charge in [0.2, 0.25) is 5.91 Å². The van der Waals surface area contributed by atoms with Gasteiger partial charge in [-0.3, -0.25) is 9.69 Å². The van der Waals surface area contributed by atoms with Crippen LogP contribution >= 0.6 is 0 Å². The molecule has 1 amide bonds. The number of hydrogen-bond donors (Lipinski definition) is 1. The van der Waals surface area contributed by atoms with E-state index in [1.807, 2.05) is 20.8 Å². The van der Waals surface area contributed by atoms with Crippen LogP contribution < -0.4 is 5.32 Å². The summed E-state index contributed by atoms with van der Waals surface area (Å²) < 4.78 is 0. The Kier molecular flexibility index (Phi) is 5.04.